The molecule has 0 unspecified atom stereocenters. The highest BCUT2D eigenvalue weighted by Crippen LogP contribution is 2.29. The van der Waals surface area contributed by atoms with Gasteiger partial charge in [-0.25, -0.2) is 0 Å². The van der Waals surface area contributed by atoms with Crippen LogP contribution in [0.25, 0.3) is 0 Å². The minimum absolute atomic E-state index is 0.206. The second-order valence-electron chi connectivity index (χ2n) is 5.11. The van der Waals surface area contributed by atoms with E-state index in [2.05, 4.69) is 24.1 Å². The normalized spacial score (nSPS) is 20.4. The molecule has 1 aliphatic heterocycles. The molecule has 0 radical (unpaired) electrons. The number of carbonyl (C=O) groups excluding carboxylic acids is 1. The average Bonchev–Trinajstić information content (AvgIpc) is 2.18. The van der Waals surface area contributed by atoms with E-state index in [9.17, 15) is 9.59 Å². The van der Waals surface area contributed by atoms with Gasteiger partial charge in [-0.3, -0.25) is 14.5 Å². The van der Waals surface area contributed by atoms with Gasteiger partial charge in [0.2, 0.25) is 5.91 Å². The molecule has 1 saturated heterocycles. The van der Waals surface area contributed by atoms with Gasteiger partial charge in [-0.05, 0) is 31.3 Å². The van der Waals surface area contributed by atoms with Crippen molar-refractivity contribution in [2.24, 2.45) is 5.41 Å². The van der Waals surface area contributed by atoms with Crippen LogP contribution < -0.4 is 5.32 Å². The van der Waals surface area contributed by atoms with Crippen molar-refractivity contribution in [3.05, 3.63) is 0 Å². The van der Waals surface area contributed by atoms with Crippen molar-refractivity contribution in [2.75, 3.05) is 26.2 Å². The van der Waals surface area contributed by atoms with Crippen LogP contribution in [-0.4, -0.2) is 48.1 Å². The summed E-state index contributed by atoms with van der Waals surface area (Å²) in [6.45, 7) is 6.30. The van der Waals surface area contributed by atoms with E-state index in [1.54, 1.807) is 0 Å². The molecule has 0 saturated carbocycles. The predicted octanol–water partition coefficient (Wildman–Crippen LogP) is 0.309. The Labute approximate surface area is 95.8 Å². The summed E-state index contributed by atoms with van der Waals surface area (Å²) in [5.41, 5.74) is 0.369. The molecule has 1 amide bonds. The summed E-state index contributed by atoms with van der Waals surface area (Å²) >= 11 is 0. The summed E-state index contributed by atoms with van der Waals surface area (Å²) in [4.78, 5) is 23.7. The molecule has 0 spiro atoms. The monoisotopic (exact) mass is 228 g/mol. The molecule has 0 atom stereocenters. The molecule has 16 heavy (non-hydrogen) atoms. The van der Waals surface area contributed by atoms with E-state index in [4.69, 9.17) is 5.11 Å². The van der Waals surface area contributed by atoms with Gasteiger partial charge in [0.05, 0.1) is 6.54 Å². The van der Waals surface area contributed by atoms with Gasteiger partial charge in [-0.2, -0.15) is 0 Å². The van der Waals surface area contributed by atoms with E-state index in [0.717, 1.165) is 25.9 Å². The van der Waals surface area contributed by atoms with E-state index in [0.29, 0.717) is 12.0 Å². The average molecular weight is 228 g/mol. The van der Waals surface area contributed by atoms with Crippen LogP contribution in [0.5, 0.6) is 0 Å². The smallest absolute Gasteiger partial charge is 0.322 e. The molecule has 0 aromatic heterocycles. The number of hydrogen-bond donors (Lipinski definition) is 2. The van der Waals surface area contributed by atoms with Crippen molar-refractivity contribution in [1.82, 2.24) is 10.2 Å². The molecule has 0 aromatic rings. The predicted molar refractivity (Wildman–Crippen MR) is 60.1 cm³/mol. The lowest BCUT2D eigenvalue weighted by atomic mass is 9.83. The maximum Gasteiger partial charge on any atom is 0.322 e. The third kappa shape index (κ3) is 4.61. The number of carbonyl (C=O) groups is 2. The Balaban J connectivity index is 2.23. The van der Waals surface area contributed by atoms with Crippen LogP contribution in [0.2, 0.25) is 0 Å². The van der Waals surface area contributed by atoms with Crippen molar-refractivity contribution in [1.29, 1.82) is 0 Å². The zero-order valence-electron chi connectivity index (χ0n) is 9.95. The number of amides is 1. The highest BCUT2D eigenvalue weighted by molar-refractivity contribution is 5.82. The Bertz CT molecular complexity index is 266. The van der Waals surface area contributed by atoms with Crippen LogP contribution in [0.1, 0.15) is 26.7 Å². The topological polar surface area (TPSA) is 69.6 Å². The number of carboxylic acids is 1. The van der Waals surface area contributed by atoms with E-state index in [1.165, 1.54) is 0 Å². The molecule has 5 nitrogen and oxygen atoms in total. The number of carboxylic acid groups (broad SMARTS) is 1. The fourth-order valence-corrected chi connectivity index (χ4v) is 1.75. The number of piperidine rings is 1. The quantitative estimate of drug-likeness (QED) is 0.726. The van der Waals surface area contributed by atoms with Gasteiger partial charge in [0.25, 0.3) is 0 Å². The molecule has 5 heteroatoms. The third-order valence-corrected chi connectivity index (χ3v) is 3.01. The van der Waals surface area contributed by atoms with E-state index in [1.807, 2.05) is 0 Å². The number of likely N-dealkylation sites (tertiary alicyclic amines) is 1. The Morgan fingerprint density at radius 3 is 2.38 bits per heavy atom. The van der Waals surface area contributed by atoms with Crippen molar-refractivity contribution in [3.8, 4) is 0 Å². The first-order valence-electron chi connectivity index (χ1n) is 5.60. The first-order chi connectivity index (χ1) is 7.39. The van der Waals surface area contributed by atoms with Crippen LogP contribution in [0, 0.1) is 5.41 Å². The van der Waals surface area contributed by atoms with Gasteiger partial charge in [-0.15, -0.1) is 0 Å². The molecule has 92 valence electrons. The fraction of sp³-hybridized carbons (Fsp3) is 0.818. The first kappa shape index (κ1) is 13.0. The van der Waals surface area contributed by atoms with Crippen LogP contribution in [0.3, 0.4) is 0 Å². The van der Waals surface area contributed by atoms with Crippen LogP contribution in [0.15, 0.2) is 0 Å². The lowest BCUT2D eigenvalue weighted by Gasteiger charge is -2.36. The number of rotatable bonds is 4. The van der Waals surface area contributed by atoms with Gasteiger partial charge in [0, 0.05) is 0 Å². The van der Waals surface area contributed by atoms with Crippen LogP contribution in [0.4, 0.5) is 0 Å². The standard InChI is InChI=1S/C11H20N2O3/c1-11(2)3-5-13(6-4-11)8-9(14)12-7-10(15)16/h3-8H2,1-2H3,(H,12,14)(H,15,16). The highest BCUT2D eigenvalue weighted by atomic mass is 16.4. The molecule has 0 aliphatic carbocycles. The maximum absolute atomic E-state index is 11.4. The lowest BCUT2D eigenvalue weighted by Crippen LogP contribution is -2.44. The molecule has 1 rings (SSSR count). The maximum atomic E-state index is 11.4. The largest absolute Gasteiger partial charge is 0.480 e. The molecule has 1 heterocycles. The molecule has 1 fully saturated rings. The first-order valence-corrected chi connectivity index (χ1v) is 5.60. The van der Waals surface area contributed by atoms with Crippen molar-refractivity contribution >= 4 is 11.9 Å². The summed E-state index contributed by atoms with van der Waals surface area (Å²) in [5.74, 6) is -1.21. The zero-order valence-corrected chi connectivity index (χ0v) is 9.95. The van der Waals surface area contributed by atoms with E-state index in [-0.39, 0.29) is 12.5 Å². The van der Waals surface area contributed by atoms with Crippen LogP contribution >= 0.6 is 0 Å². The molecule has 2 N–H and O–H groups in total. The lowest BCUT2D eigenvalue weighted by molar-refractivity contribution is -0.138. The summed E-state index contributed by atoms with van der Waals surface area (Å²) in [7, 11) is 0. The molecular formula is C11H20N2O3. The van der Waals surface area contributed by atoms with Gasteiger partial charge < -0.3 is 10.4 Å². The SMILES string of the molecule is CC1(C)CCN(CC(=O)NCC(=O)O)CC1. The van der Waals surface area contributed by atoms with Gasteiger partial charge in [0.15, 0.2) is 0 Å². The Hall–Kier alpha value is -1.10. The van der Waals surface area contributed by atoms with Crippen molar-refractivity contribution in [3.63, 3.8) is 0 Å². The summed E-state index contributed by atoms with van der Waals surface area (Å²) in [6.07, 6.45) is 2.17. The Morgan fingerprint density at radius 2 is 1.88 bits per heavy atom. The Kier molecular flexibility index (Phi) is 4.29. The van der Waals surface area contributed by atoms with Gasteiger partial charge in [-0.1, -0.05) is 13.8 Å². The molecular weight excluding hydrogens is 208 g/mol. The molecule has 0 aromatic carbocycles. The Morgan fingerprint density at radius 1 is 1.31 bits per heavy atom. The second-order valence-corrected chi connectivity index (χ2v) is 5.11. The minimum Gasteiger partial charge on any atom is -0.480 e. The third-order valence-electron chi connectivity index (χ3n) is 3.01. The second kappa shape index (κ2) is 5.30. The number of nitrogens with zero attached hydrogens (tertiary/aromatic N) is 1. The number of nitrogens with one attached hydrogen (secondary N) is 1. The molecule has 0 bridgehead atoms. The zero-order chi connectivity index (χ0) is 12.2. The summed E-state index contributed by atoms with van der Waals surface area (Å²) in [6, 6.07) is 0. The van der Waals surface area contributed by atoms with Crippen LogP contribution in [-0.2, 0) is 9.59 Å². The van der Waals surface area contributed by atoms with Gasteiger partial charge >= 0.3 is 5.97 Å². The number of hydrogen-bond acceptors (Lipinski definition) is 3. The fourth-order valence-electron chi connectivity index (χ4n) is 1.75. The summed E-state index contributed by atoms with van der Waals surface area (Å²) < 4.78 is 0. The summed E-state index contributed by atoms with van der Waals surface area (Å²) in [5, 5.41) is 10.8. The van der Waals surface area contributed by atoms with Crippen molar-refractivity contribution < 1.29 is 14.7 Å². The van der Waals surface area contributed by atoms with Gasteiger partial charge in [0.1, 0.15) is 6.54 Å². The molecule has 1 aliphatic rings. The highest BCUT2D eigenvalue weighted by Gasteiger charge is 2.26. The number of aliphatic carboxylic acids is 1. The van der Waals surface area contributed by atoms with E-state index >= 15 is 0 Å². The minimum atomic E-state index is -1.01. The van der Waals surface area contributed by atoms with E-state index < -0.39 is 5.97 Å². The van der Waals surface area contributed by atoms with Crippen molar-refractivity contribution in [2.45, 2.75) is 26.7 Å².